The van der Waals surface area contributed by atoms with Crippen LogP contribution in [0, 0.1) is 0 Å². The van der Waals surface area contributed by atoms with Crippen molar-refractivity contribution < 1.29 is 10.1 Å². The molecule has 4 nitrogen and oxygen atoms in total. The fraction of sp³-hybridized carbons (Fsp3) is 0.0513. The second-order valence-electron chi connectivity index (χ2n) is 11.7. The predicted molar refractivity (Wildman–Crippen MR) is 172 cm³/mol. The molecule has 2 aliphatic heterocycles. The Kier molecular flexibility index (Phi) is 4.47. The van der Waals surface area contributed by atoms with Crippen molar-refractivity contribution in [2.75, 3.05) is 0 Å². The molecule has 43 heavy (non-hydrogen) atoms. The van der Waals surface area contributed by atoms with E-state index in [1.54, 1.807) is 0 Å². The number of nitrogens with two attached hydrogens (primary N) is 1. The zero-order valence-electron chi connectivity index (χ0n) is 23.2. The lowest BCUT2D eigenvalue weighted by Crippen LogP contribution is -2.82. The molecule has 2 N–H and O–H groups in total. The van der Waals surface area contributed by atoms with Crippen LogP contribution in [0.2, 0.25) is 0 Å². The van der Waals surface area contributed by atoms with E-state index in [1.807, 2.05) is 0 Å². The van der Waals surface area contributed by atoms with Gasteiger partial charge in [-0.3, -0.25) is 9.88 Å². The number of aromatic nitrogens is 1. The molecule has 0 fully saturated rings. The van der Waals surface area contributed by atoms with Gasteiger partial charge in [0.25, 0.3) is 0 Å². The first-order chi connectivity index (χ1) is 21.3. The van der Waals surface area contributed by atoms with Crippen LogP contribution < -0.4 is 10.1 Å². The second-order valence-corrected chi connectivity index (χ2v) is 11.7. The zero-order chi connectivity index (χ0) is 28.1. The van der Waals surface area contributed by atoms with Crippen molar-refractivity contribution in [3.63, 3.8) is 0 Å². The molecule has 4 heteroatoms. The van der Waals surface area contributed by atoms with Crippen molar-refractivity contribution in [1.82, 2.24) is 4.57 Å². The van der Waals surface area contributed by atoms with Gasteiger partial charge < -0.3 is 4.74 Å². The van der Waals surface area contributed by atoms with Gasteiger partial charge in [0, 0.05) is 28.0 Å². The summed E-state index contributed by atoms with van der Waals surface area (Å²) in [5, 5.41) is 4.85. The molecule has 0 saturated heterocycles. The number of nitrogens with zero attached hydrogens (tertiary/aromatic N) is 2. The Morgan fingerprint density at radius 3 is 2.09 bits per heavy atom. The summed E-state index contributed by atoms with van der Waals surface area (Å²) in [5.41, 5.74) is 11.6. The number of aliphatic imine (C=N–C) groups is 1. The van der Waals surface area contributed by atoms with Crippen LogP contribution in [0.3, 0.4) is 0 Å². The Bertz CT molecular complexity index is 2280. The molecule has 1 aromatic heterocycles. The Labute approximate surface area is 248 Å². The maximum Gasteiger partial charge on any atom is 0.207 e. The van der Waals surface area contributed by atoms with Crippen molar-refractivity contribution in [2.45, 2.75) is 11.6 Å². The lowest BCUT2D eigenvalue weighted by Gasteiger charge is -2.39. The molecule has 0 bridgehead atoms. The molecule has 3 heterocycles. The number of benzene rings is 6. The van der Waals surface area contributed by atoms with Crippen molar-refractivity contribution in [3.8, 4) is 22.6 Å². The Balaban J connectivity index is 1.34. The van der Waals surface area contributed by atoms with E-state index >= 15 is 0 Å². The van der Waals surface area contributed by atoms with Crippen LogP contribution in [0.25, 0.3) is 32.9 Å². The third-order valence-electron chi connectivity index (χ3n) is 9.63. The number of fused-ring (bicyclic) bond motifs is 13. The normalized spacial score (nSPS) is 16.8. The summed E-state index contributed by atoms with van der Waals surface area (Å²) >= 11 is 0. The van der Waals surface area contributed by atoms with Crippen molar-refractivity contribution in [1.29, 1.82) is 0 Å². The number of hydrogen-bond donors (Lipinski definition) is 1. The van der Waals surface area contributed by atoms with Crippen LogP contribution >= 0.6 is 0 Å². The number of ether oxygens (including phenoxy) is 1. The van der Waals surface area contributed by atoms with Crippen molar-refractivity contribution >= 4 is 39.4 Å². The standard InChI is InChI=1S/C39H25N3O/c1-3-13-28-24(11-1)26-21-27-25-12-2-8-18-34(25)42(38-23-40-32-16-6-7-17-33(32)41-38)35(27)22-31(26)39(28)29-14-4-9-19-36(29)43-37-20-10-5-15-30(37)39/h1-23,38,41H/p+1. The van der Waals surface area contributed by atoms with E-state index in [0.717, 1.165) is 17.2 Å². The highest BCUT2D eigenvalue weighted by molar-refractivity contribution is 6.11. The van der Waals surface area contributed by atoms with E-state index < -0.39 is 5.41 Å². The molecule has 202 valence electrons. The van der Waals surface area contributed by atoms with Crippen molar-refractivity contribution in [2.24, 2.45) is 4.99 Å². The van der Waals surface area contributed by atoms with E-state index in [4.69, 9.17) is 9.73 Å². The summed E-state index contributed by atoms with van der Waals surface area (Å²) in [5.74, 6) is 1.82. The number of para-hydroxylation sites is 5. The molecular formula is C39H26N3O+. The molecular weight excluding hydrogens is 526 g/mol. The third-order valence-corrected chi connectivity index (χ3v) is 9.63. The fourth-order valence-corrected chi connectivity index (χ4v) is 7.93. The molecule has 1 aliphatic carbocycles. The lowest BCUT2D eigenvalue weighted by atomic mass is 9.66. The molecule has 10 rings (SSSR count). The summed E-state index contributed by atoms with van der Waals surface area (Å²) in [4.78, 5) is 4.90. The van der Waals surface area contributed by atoms with Gasteiger partial charge in [0.15, 0.2) is 5.69 Å². The van der Waals surface area contributed by atoms with E-state index in [0.29, 0.717) is 0 Å². The highest BCUT2D eigenvalue weighted by atomic mass is 16.5. The first kappa shape index (κ1) is 23.1. The summed E-state index contributed by atoms with van der Waals surface area (Å²) in [6.07, 6.45) is 2.08. The first-order valence-electron chi connectivity index (χ1n) is 14.8. The van der Waals surface area contributed by atoms with E-state index in [9.17, 15) is 0 Å². The van der Waals surface area contributed by atoms with Gasteiger partial charge in [-0.2, -0.15) is 0 Å². The Morgan fingerprint density at radius 1 is 0.581 bits per heavy atom. The number of rotatable bonds is 1. The van der Waals surface area contributed by atoms with Crippen LogP contribution in [0.5, 0.6) is 11.5 Å². The van der Waals surface area contributed by atoms with Gasteiger partial charge in [-0.1, -0.05) is 91.0 Å². The number of quaternary nitrogens is 1. The van der Waals surface area contributed by atoms with Crippen LogP contribution in [-0.4, -0.2) is 10.8 Å². The largest absolute Gasteiger partial charge is 0.457 e. The maximum absolute atomic E-state index is 6.55. The zero-order valence-corrected chi connectivity index (χ0v) is 23.2. The highest BCUT2D eigenvalue weighted by Gasteiger charge is 2.51. The fourth-order valence-electron chi connectivity index (χ4n) is 7.93. The summed E-state index contributed by atoms with van der Waals surface area (Å²) in [6.45, 7) is 0. The van der Waals surface area contributed by atoms with Gasteiger partial charge in [-0.25, -0.2) is 4.99 Å². The maximum atomic E-state index is 6.55. The molecule has 0 amide bonds. The highest BCUT2D eigenvalue weighted by Crippen LogP contribution is 2.62. The Hall–Kier alpha value is -5.45. The van der Waals surface area contributed by atoms with Crippen molar-refractivity contribution in [3.05, 3.63) is 156 Å². The molecule has 7 aromatic rings. The smallest absolute Gasteiger partial charge is 0.207 e. The van der Waals surface area contributed by atoms with Gasteiger partial charge in [-0.05, 0) is 58.7 Å². The predicted octanol–water partition coefficient (Wildman–Crippen LogP) is 8.37. The lowest BCUT2D eigenvalue weighted by molar-refractivity contribution is -0.613. The van der Waals surface area contributed by atoms with E-state index in [2.05, 4.69) is 150 Å². The molecule has 1 spiro atoms. The minimum atomic E-state index is -0.496. The van der Waals surface area contributed by atoms with Crippen LogP contribution in [-0.2, 0) is 5.41 Å². The topological polar surface area (TPSA) is 43.1 Å². The summed E-state index contributed by atoms with van der Waals surface area (Å²) < 4.78 is 9.02. The SMILES string of the molecule is C1=Nc2ccccc2[NH2+]C1n1c2ccccc2c2cc3c(cc21)C1(c2ccccc2Oc2ccccc21)c1ccccc1-3. The van der Waals surface area contributed by atoms with Crippen LogP contribution in [0.15, 0.2) is 138 Å². The molecule has 1 unspecified atom stereocenters. The molecule has 1 atom stereocenters. The number of hydrogen-bond acceptors (Lipinski definition) is 2. The quantitative estimate of drug-likeness (QED) is 0.204. The summed E-state index contributed by atoms with van der Waals surface area (Å²) in [7, 11) is 0. The average molecular weight is 553 g/mol. The molecule has 3 aliphatic rings. The van der Waals surface area contributed by atoms with Crippen LogP contribution in [0.4, 0.5) is 11.4 Å². The van der Waals surface area contributed by atoms with Gasteiger partial charge in [0.05, 0.1) is 22.7 Å². The minimum absolute atomic E-state index is 0.00987. The molecule has 6 aromatic carbocycles. The minimum Gasteiger partial charge on any atom is -0.457 e. The van der Waals surface area contributed by atoms with Gasteiger partial charge >= 0.3 is 0 Å². The molecule has 0 saturated carbocycles. The summed E-state index contributed by atoms with van der Waals surface area (Å²) in [6, 6.07) is 48.1. The first-order valence-corrected chi connectivity index (χ1v) is 14.8. The monoisotopic (exact) mass is 552 g/mol. The Morgan fingerprint density at radius 2 is 1.26 bits per heavy atom. The third kappa shape index (κ3) is 2.91. The van der Waals surface area contributed by atoms with Gasteiger partial charge in [0.2, 0.25) is 6.17 Å². The van der Waals surface area contributed by atoms with E-state index in [-0.39, 0.29) is 6.17 Å². The van der Waals surface area contributed by atoms with Crippen LogP contribution in [0.1, 0.15) is 28.4 Å². The van der Waals surface area contributed by atoms with Gasteiger partial charge in [0.1, 0.15) is 17.2 Å². The van der Waals surface area contributed by atoms with E-state index in [1.165, 1.54) is 60.9 Å². The molecule has 0 radical (unpaired) electrons. The average Bonchev–Trinajstić information content (AvgIpc) is 3.54. The van der Waals surface area contributed by atoms with Gasteiger partial charge in [-0.15, -0.1) is 0 Å². The second kappa shape index (κ2) is 8.31.